The van der Waals surface area contributed by atoms with E-state index in [-0.39, 0.29) is 0 Å². The van der Waals surface area contributed by atoms with Gasteiger partial charge in [-0.1, -0.05) is 33.8 Å². The van der Waals surface area contributed by atoms with Crippen molar-refractivity contribution in [3.8, 4) is 11.5 Å². The molecule has 0 N–H and O–H groups in total. The fourth-order valence-corrected chi connectivity index (χ4v) is 3.47. The first kappa shape index (κ1) is 15.4. The van der Waals surface area contributed by atoms with E-state index in [0.29, 0.717) is 28.1 Å². The van der Waals surface area contributed by atoms with Crippen molar-refractivity contribution < 1.29 is 8.83 Å². The standard InChI is InChI=1S/C17H12BrN3O2S/c1-10-13(20-16(22-10)11-4-2-5-12(18)8-11)9-24-17-21-15-14(23-17)6-3-7-19-15/h2-8H,9H2,1H3. The van der Waals surface area contributed by atoms with Gasteiger partial charge in [0.15, 0.2) is 11.2 Å². The van der Waals surface area contributed by atoms with E-state index in [9.17, 15) is 0 Å². The van der Waals surface area contributed by atoms with Gasteiger partial charge in [0.25, 0.3) is 5.22 Å². The summed E-state index contributed by atoms with van der Waals surface area (Å²) in [6.07, 6.45) is 1.70. The minimum Gasteiger partial charge on any atom is -0.441 e. The summed E-state index contributed by atoms with van der Waals surface area (Å²) in [6, 6.07) is 11.6. The maximum atomic E-state index is 5.79. The summed E-state index contributed by atoms with van der Waals surface area (Å²) in [5.41, 5.74) is 3.12. The third-order valence-corrected chi connectivity index (χ3v) is 4.77. The zero-order valence-electron chi connectivity index (χ0n) is 12.7. The molecule has 0 spiro atoms. The molecule has 0 atom stereocenters. The number of aromatic nitrogens is 3. The molecule has 0 aliphatic carbocycles. The first-order chi connectivity index (χ1) is 11.7. The Bertz CT molecular complexity index is 979. The minimum atomic E-state index is 0.579. The van der Waals surface area contributed by atoms with Crippen molar-refractivity contribution in [1.29, 1.82) is 0 Å². The van der Waals surface area contributed by atoms with Gasteiger partial charge in [-0.2, -0.15) is 4.98 Å². The topological polar surface area (TPSA) is 65.0 Å². The predicted molar refractivity (Wildman–Crippen MR) is 95.7 cm³/mol. The average molecular weight is 402 g/mol. The lowest BCUT2D eigenvalue weighted by molar-refractivity contribution is 0.489. The highest BCUT2D eigenvalue weighted by molar-refractivity contribution is 9.10. The van der Waals surface area contributed by atoms with Crippen LogP contribution in [0.5, 0.6) is 0 Å². The maximum Gasteiger partial charge on any atom is 0.258 e. The first-order valence-electron chi connectivity index (χ1n) is 7.25. The van der Waals surface area contributed by atoms with Crippen LogP contribution in [0.1, 0.15) is 11.5 Å². The molecule has 0 fully saturated rings. The molecule has 120 valence electrons. The molecule has 3 aromatic heterocycles. The molecule has 24 heavy (non-hydrogen) atoms. The highest BCUT2D eigenvalue weighted by Gasteiger charge is 2.14. The lowest BCUT2D eigenvalue weighted by Crippen LogP contribution is -1.85. The van der Waals surface area contributed by atoms with E-state index in [1.54, 1.807) is 6.20 Å². The Morgan fingerprint density at radius 2 is 2.04 bits per heavy atom. The number of rotatable bonds is 4. The number of aryl methyl sites for hydroxylation is 1. The minimum absolute atomic E-state index is 0.579. The molecule has 0 unspecified atom stereocenters. The molecular weight excluding hydrogens is 390 g/mol. The quantitative estimate of drug-likeness (QED) is 0.435. The van der Waals surface area contributed by atoms with Gasteiger partial charge < -0.3 is 8.83 Å². The Hall–Kier alpha value is -2.12. The Morgan fingerprint density at radius 3 is 2.88 bits per heavy atom. The molecule has 4 rings (SSSR count). The van der Waals surface area contributed by atoms with Crippen LogP contribution in [0.4, 0.5) is 0 Å². The number of nitrogens with zero attached hydrogens (tertiary/aromatic N) is 3. The fourth-order valence-electron chi connectivity index (χ4n) is 2.25. The van der Waals surface area contributed by atoms with E-state index in [4.69, 9.17) is 8.83 Å². The molecule has 0 radical (unpaired) electrons. The summed E-state index contributed by atoms with van der Waals surface area (Å²) in [4.78, 5) is 13.1. The third kappa shape index (κ3) is 3.09. The summed E-state index contributed by atoms with van der Waals surface area (Å²) in [7, 11) is 0. The van der Waals surface area contributed by atoms with Crippen LogP contribution in [0, 0.1) is 6.92 Å². The zero-order chi connectivity index (χ0) is 16.5. The number of halogens is 1. The molecule has 0 saturated heterocycles. The SMILES string of the molecule is Cc1oc(-c2cccc(Br)c2)nc1CSc1nc2ncccc2o1. The monoisotopic (exact) mass is 401 g/mol. The Morgan fingerprint density at radius 1 is 1.12 bits per heavy atom. The summed E-state index contributed by atoms with van der Waals surface area (Å²) in [5, 5.41) is 0.579. The lowest BCUT2D eigenvalue weighted by atomic mass is 10.2. The smallest absolute Gasteiger partial charge is 0.258 e. The van der Waals surface area contributed by atoms with Crippen LogP contribution in [0.25, 0.3) is 22.7 Å². The van der Waals surface area contributed by atoms with Crippen LogP contribution in [0.15, 0.2) is 61.1 Å². The van der Waals surface area contributed by atoms with E-state index in [0.717, 1.165) is 21.5 Å². The molecule has 0 bridgehead atoms. The number of benzene rings is 1. The number of hydrogen-bond acceptors (Lipinski definition) is 6. The number of oxazole rings is 2. The maximum absolute atomic E-state index is 5.79. The van der Waals surface area contributed by atoms with Gasteiger partial charge in [-0.3, -0.25) is 0 Å². The van der Waals surface area contributed by atoms with Gasteiger partial charge in [-0.05, 0) is 37.3 Å². The second-order valence-corrected chi connectivity index (χ2v) is 6.97. The molecule has 7 heteroatoms. The van der Waals surface area contributed by atoms with Crippen LogP contribution in [-0.4, -0.2) is 15.0 Å². The van der Waals surface area contributed by atoms with Crippen LogP contribution >= 0.6 is 27.7 Å². The molecule has 4 aromatic rings. The molecule has 3 heterocycles. The van der Waals surface area contributed by atoms with Crippen molar-refractivity contribution >= 4 is 38.9 Å². The van der Waals surface area contributed by atoms with Gasteiger partial charge in [-0.25, -0.2) is 9.97 Å². The molecule has 0 saturated carbocycles. The Balaban J connectivity index is 1.54. The molecule has 0 amide bonds. The summed E-state index contributed by atoms with van der Waals surface area (Å²) >= 11 is 4.94. The van der Waals surface area contributed by atoms with Gasteiger partial charge in [-0.15, -0.1) is 0 Å². The molecule has 0 aliphatic heterocycles. The van der Waals surface area contributed by atoms with Crippen LogP contribution in [0.3, 0.4) is 0 Å². The molecule has 0 aliphatic rings. The largest absolute Gasteiger partial charge is 0.441 e. The van der Waals surface area contributed by atoms with Gasteiger partial charge >= 0.3 is 0 Å². The molecule has 1 aromatic carbocycles. The van der Waals surface area contributed by atoms with Crippen molar-refractivity contribution in [2.24, 2.45) is 0 Å². The van der Waals surface area contributed by atoms with Gasteiger partial charge in [0.2, 0.25) is 5.89 Å². The number of thioether (sulfide) groups is 1. The number of pyridine rings is 1. The van der Waals surface area contributed by atoms with Gasteiger partial charge in [0.05, 0.1) is 5.69 Å². The third-order valence-electron chi connectivity index (χ3n) is 3.44. The number of hydrogen-bond donors (Lipinski definition) is 0. The van der Waals surface area contributed by atoms with Crippen LogP contribution < -0.4 is 0 Å². The second kappa shape index (κ2) is 6.41. The van der Waals surface area contributed by atoms with E-state index in [1.807, 2.05) is 43.3 Å². The highest BCUT2D eigenvalue weighted by atomic mass is 79.9. The van der Waals surface area contributed by atoms with Crippen molar-refractivity contribution in [2.45, 2.75) is 17.9 Å². The fraction of sp³-hybridized carbons (Fsp3) is 0.118. The number of fused-ring (bicyclic) bond motifs is 1. The lowest BCUT2D eigenvalue weighted by Gasteiger charge is -1.95. The predicted octanol–water partition coefficient (Wildman–Crippen LogP) is 5.24. The average Bonchev–Trinajstić information content (AvgIpc) is 3.16. The van der Waals surface area contributed by atoms with Crippen molar-refractivity contribution in [1.82, 2.24) is 15.0 Å². The van der Waals surface area contributed by atoms with E-state index >= 15 is 0 Å². The van der Waals surface area contributed by atoms with Gasteiger partial charge in [0, 0.05) is 22.0 Å². The van der Waals surface area contributed by atoms with Crippen molar-refractivity contribution in [3.05, 3.63) is 58.5 Å². The molecular formula is C17H12BrN3O2S. The Labute approximate surface area is 150 Å². The molecule has 5 nitrogen and oxygen atoms in total. The summed E-state index contributed by atoms with van der Waals surface area (Å²) < 4.78 is 12.4. The van der Waals surface area contributed by atoms with Crippen LogP contribution in [-0.2, 0) is 5.75 Å². The second-order valence-electron chi connectivity index (χ2n) is 5.13. The van der Waals surface area contributed by atoms with Crippen LogP contribution in [0.2, 0.25) is 0 Å². The normalized spacial score (nSPS) is 11.2. The zero-order valence-corrected chi connectivity index (χ0v) is 15.1. The van der Waals surface area contributed by atoms with Gasteiger partial charge in [0.1, 0.15) is 5.76 Å². The van der Waals surface area contributed by atoms with Crippen molar-refractivity contribution in [2.75, 3.05) is 0 Å². The van der Waals surface area contributed by atoms with E-state index in [1.165, 1.54) is 11.8 Å². The first-order valence-corrected chi connectivity index (χ1v) is 9.03. The Kier molecular flexibility index (Phi) is 4.12. The van der Waals surface area contributed by atoms with Crippen molar-refractivity contribution in [3.63, 3.8) is 0 Å². The highest BCUT2D eigenvalue weighted by Crippen LogP contribution is 2.29. The van der Waals surface area contributed by atoms with E-state index < -0.39 is 0 Å². The van der Waals surface area contributed by atoms with E-state index in [2.05, 4.69) is 30.9 Å². The summed E-state index contributed by atoms with van der Waals surface area (Å²) in [6.45, 7) is 1.91. The summed E-state index contributed by atoms with van der Waals surface area (Å²) in [5.74, 6) is 2.03.